The summed E-state index contributed by atoms with van der Waals surface area (Å²) in [7, 11) is -2.10. The molecule has 0 aromatic carbocycles. The molecule has 88 valence electrons. The standard InChI is InChI=1S/C9H19O4P.Ti/c1-2-3-4-5-7-13-14(12)8-6-9(10)11;/h14H,2-8H2,1H3,(H,10,11);. The van der Waals surface area contributed by atoms with Crippen LogP contribution in [0.3, 0.4) is 0 Å². The Morgan fingerprint density at radius 2 is 2.00 bits per heavy atom. The van der Waals surface area contributed by atoms with Crippen LogP contribution in [0.2, 0.25) is 0 Å². The van der Waals surface area contributed by atoms with E-state index in [2.05, 4.69) is 6.92 Å². The molecule has 6 heteroatoms. The smallest absolute Gasteiger partial charge is 0.303 e. The number of carboxylic acids is 1. The van der Waals surface area contributed by atoms with Crippen LogP contribution in [0.1, 0.15) is 39.0 Å². The minimum Gasteiger partial charge on any atom is -0.481 e. The Kier molecular flexibility index (Phi) is 14.7. The number of rotatable bonds is 9. The van der Waals surface area contributed by atoms with Crippen molar-refractivity contribution in [3.63, 3.8) is 0 Å². The number of unbranched alkanes of at least 4 members (excludes halogenated alkanes) is 3. The van der Waals surface area contributed by atoms with Crippen LogP contribution < -0.4 is 0 Å². The molecule has 0 aromatic heterocycles. The molecular weight excluding hydrogens is 251 g/mol. The van der Waals surface area contributed by atoms with Crippen LogP contribution in [-0.2, 0) is 35.6 Å². The van der Waals surface area contributed by atoms with Crippen LogP contribution >= 0.6 is 8.03 Å². The molecule has 0 aliphatic carbocycles. The Labute approximate surface area is 107 Å². The summed E-state index contributed by atoms with van der Waals surface area (Å²) in [6, 6.07) is 0. The third kappa shape index (κ3) is 14.4. The molecule has 1 atom stereocenters. The zero-order valence-electron chi connectivity index (χ0n) is 9.12. The minimum absolute atomic E-state index is 0. The van der Waals surface area contributed by atoms with E-state index in [0.29, 0.717) is 6.61 Å². The molecule has 0 saturated carbocycles. The number of aliphatic carboxylic acids is 1. The number of carboxylic acid groups (broad SMARTS) is 1. The van der Waals surface area contributed by atoms with Gasteiger partial charge >= 0.3 is 5.97 Å². The van der Waals surface area contributed by atoms with Gasteiger partial charge < -0.3 is 9.63 Å². The summed E-state index contributed by atoms with van der Waals surface area (Å²) in [5, 5.41) is 8.33. The molecule has 0 heterocycles. The van der Waals surface area contributed by atoms with Gasteiger partial charge in [-0.15, -0.1) is 0 Å². The summed E-state index contributed by atoms with van der Waals surface area (Å²) in [6.45, 7) is 2.62. The van der Waals surface area contributed by atoms with E-state index < -0.39 is 14.0 Å². The van der Waals surface area contributed by atoms with Gasteiger partial charge in [-0.05, 0) is 6.42 Å². The van der Waals surface area contributed by atoms with E-state index in [4.69, 9.17) is 9.63 Å². The molecule has 0 spiro atoms. The van der Waals surface area contributed by atoms with Crippen LogP contribution in [0.4, 0.5) is 0 Å². The van der Waals surface area contributed by atoms with Crippen molar-refractivity contribution in [1.29, 1.82) is 0 Å². The molecule has 0 fully saturated rings. The molecule has 0 saturated heterocycles. The Bertz CT molecular complexity index is 187. The van der Waals surface area contributed by atoms with Crippen LogP contribution in [-0.4, -0.2) is 23.8 Å². The van der Waals surface area contributed by atoms with E-state index in [1.54, 1.807) is 0 Å². The largest absolute Gasteiger partial charge is 0.481 e. The van der Waals surface area contributed by atoms with E-state index in [1.807, 2.05) is 0 Å². The van der Waals surface area contributed by atoms with Crippen LogP contribution in [0.15, 0.2) is 0 Å². The van der Waals surface area contributed by atoms with Gasteiger partial charge in [0, 0.05) is 27.9 Å². The van der Waals surface area contributed by atoms with Gasteiger partial charge in [0.1, 0.15) is 0 Å². The molecule has 0 amide bonds. The molecule has 0 bridgehead atoms. The molecule has 0 aliphatic heterocycles. The van der Waals surface area contributed by atoms with Crippen molar-refractivity contribution in [2.24, 2.45) is 0 Å². The second kappa shape index (κ2) is 12.4. The average Bonchev–Trinajstić information content (AvgIpc) is 2.14. The van der Waals surface area contributed by atoms with Gasteiger partial charge in [-0.2, -0.15) is 0 Å². The fourth-order valence-corrected chi connectivity index (χ4v) is 1.93. The van der Waals surface area contributed by atoms with Gasteiger partial charge in [-0.1, -0.05) is 26.2 Å². The predicted molar refractivity (Wildman–Crippen MR) is 56.2 cm³/mol. The Hall–Kier alpha value is 0.374. The average molecular weight is 270 g/mol. The quantitative estimate of drug-likeness (QED) is 0.397. The molecule has 0 aromatic rings. The minimum atomic E-state index is -2.10. The van der Waals surface area contributed by atoms with Crippen molar-refractivity contribution in [3.8, 4) is 0 Å². The first-order valence-corrected chi connectivity index (χ1v) is 6.56. The van der Waals surface area contributed by atoms with Gasteiger partial charge in [0.2, 0.25) is 0 Å². The van der Waals surface area contributed by atoms with Gasteiger partial charge in [-0.25, -0.2) is 0 Å². The number of carbonyl (C=O) groups is 1. The van der Waals surface area contributed by atoms with E-state index in [9.17, 15) is 9.36 Å². The number of hydrogen-bond donors (Lipinski definition) is 1. The molecule has 1 unspecified atom stereocenters. The van der Waals surface area contributed by atoms with Crippen molar-refractivity contribution >= 4 is 14.0 Å². The first-order valence-electron chi connectivity index (χ1n) is 5.04. The third-order valence-corrected chi connectivity index (χ3v) is 2.99. The van der Waals surface area contributed by atoms with Crippen LogP contribution in [0.25, 0.3) is 0 Å². The zero-order valence-corrected chi connectivity index (χ0v) is 11.7. The maximum Gasteiger partial charge on any atom is 0.303 e. The normalized spacial score (nSPS) is 11.8. The summed E-state index contributed by atoms with van der Waals surface area (Å²) >= 11 is 0. The molecule has 1 N–H and O–H groups in total. The van der Waals surface area contributed by atoms with Gasteiger partial charge in [0.05, 0.1) is 13.0 Å². The monoisotopic (exact) mass is 270 g/mol. The topological polar surface area (TPSA) is 63.6 Å². The summed E-state index contributed by atoms with van der Waals surface area (Å²) in [6.07, 6.45) is 4.43. The Morgan fingerprint density at radius 3 is 2.53 bits per heavy atom. The zero-order chi connectivity index (χ0) is 10.8. The van der Waals surface area contributed by atoms with E-state index in [-0.39, 0.29) is 34.3 Å². The van der Waals surface area contributed by atoms with E-state index >= 15 is 0 Å². The SMILES string of the molecule is CCCCCCO[PH](=O)CCC(=O)O.[Ti]. The van der Waals surface area contributed by atoms with Crippen molar-refractivity contribution in [2.75, 3.05) is 12.8 Å². The molecule has 0 rings (SSSR count). The van der Waals surface area contributed by atoms with Crippen molar-refractivity contribution in [3.05, 3.63) is 0 Å². The second-order valence-corrected chi connectivity index (χ2v) is 4.71. The van der Waals surface area contributed by atoms with E-state index in [0.717, 1.165) is 19.3 Å². The molecule has 0 aliphatic rings. The maximum atomic E-state index is 11.1. The third-order valence-electron chi connectivity index (χ3n) is 1.80. The summed E-state index contributed by atoms with van der Waals surface area (Å²) < 4.78 is 16.1. The van der Waals surface area contributed by atoms with Crippen LogP contribution in [0.5, 0.6) is 0 Å². The first-order chi connectivity index (χ1) is 6.66. The molecule has 15 heavy (non-hydrogen) atoms. The van der Waals surface area contributed by atoms with Crippen molar-refractivity contribution < 1.29 is 40.7 Å². The molecular formula is C9H19O4PTi. The fourth-order valence-electron chi connectivity index (χ4n) is 0.996. The van der Waals surface area contributed by atoms with E-state index in [1.165, 1.54) is 6.42 Å². The second-order valence-electron chi connectivity index (χ2n) is 3.17. The van der Waals surface area contributed by atoms with Crippen LogP contribution in [0, 0.1) is 0 Å². The Balaban J connectivity index is 0. The van der Waals surface area contributed by atoms with Crippen molar-refractivity contribution in [2.45, 2.75) is 39.0 Å². The van der Waals surface area contributed by atoms with Gasteiger partial charge in [0.25, 0.3) is 0 Å². The molecule has 4 nitrogen and oxygen atoms in total. The first kappa shape index (κ1) is 17.8. The summed E-state index contributed by atoms with van der Waals surface area (Å²) in [4.78, 5) is 10.1. The summed E-state index contributed by atoms with van der Waals surface area (Å²) in [5.41, 5.74) is 0. The fraction of sp³-hybridized carbons (Fsp3) is 0.889. The number of hydrogen-bond acceptors (Lipinski definition) is 3. The van der Waals surface area contributed by atoms with Crippen molar-refractivity contribution in [1.82, 2.24) is 0 Å². The van der Waals surface area contributed by atoms with Gasteiger partial charge in [0.15, 0.2) is 8.03 Å². The maximum absolute atomic E-state index is 11.1. The predicted octanol–water partition coefficient (Wildman–Crippen LogP) is 2.53. The Morgan fingerprint density at radius 1 is 1.33 bits per heavy atom. The van der Waals surface area contributed by atoms with Gasteiger partial charge in [-0.3, -0.25) is 9.36 Å². The summed E-state index contributed by atoms with van der Waals surface area (Å²) in [5.74, 6) is -0.919. The molecule has 0 radical (unpaired) electrons.